The molecule has 0 fully saturated rings. The third-order valence-electron chi connectivity index (χ3n) is 2.49. The third-order valence-corrected chi connectivity index (χ3v) is 2.49. The van der Waals surface area contributed by atoms with E-state index in [4.69, 9.17) is 0 Å². The molecule has 0 saturated carbocycles. The van der Waals surface area contributed by atoms with Gasteiger partial charge in [0.1, 0.15) is 0 Å². The molecule has 2 rings (SSSR count). The van der Waals surface area contributed by atoms with Crippen molar-refractivity contribution in [2.75, 3.05) is 13.1 Å². The number of hydrogen-bond donors (Lipinski definition) is 2. The molecule has 0 amide bonds. The Labute approximate surface area is 90.6 Å². The van der Waals surface area contributed by atoms with Gasteiger partial charge >= 0.3 is 0 Å². The largest absolute Gasteiger partial charge is 0.356 e. The molecule has 1 aromatic carbocycles. The molecule has 80 valence electrons. The second-order valence-electron chi connectivity index (χ2n) is 3.72. The summed E-state index contributed by atoms with van der Waals surface area (Å²) in [4.78, 5) is 4.43. The Kier molecular flexibility index (Phi) is 3.22. The Morgan fingerprint density at radius 3 is 2.93 bits per heavy atom. The smallest absolute Gasteiger partial charge is 0.191 e. The number of aliphatic imine (C=N–C) groups is 1. The number of rotatable bonds is 3. The summed E-state index contributed by atoms with van der Waals surface area (Å²) in [6, 6.07) is 10.8. The van der Waals surface area contributed by atoms with Crippen LogP contribution in [0.2, 0.25) is 0 Å². The monoisotopic (exact) mass is 203 g/mol. The first-order valence-corrected chi connectivity index (χ1v) is 5.50. The minimum atomic E-state index is 0.338. The molecule has 15 heavy (non-hydrogen) atoms. The first-order chi connectivity index (χ1) is 7.40. The predicted octanol–water partition coefficient (Wildman–Crippen LogP) is 1.69. The summed E-state index contributed by atoms with van der Waals surface area (Å²) in [5.74, 6) is 0.936. The minimum Gasteiger partial charge on any atom is -0.356 e. The number of nitrogens with zero attached hydrogens (tertiary/aromatic N) is 1. The van der Waals surface area contributed by atoms with Crippen LogP contribution in [0.25, 0.3) is 0 Å². The van der Waals surface area contributed by atoms with Gasteiger partial charge in [0.2, 0.25) is 0 Å². The molecule has 1 unspecified atom stereocenters. The molecule has 1 aliphatic heterocycles. The van der Waals surface area contributed by atoms with Crippen molar-refractivity contribution in [3.05, 3.63) is 35.9 Å². The van der Waals surface area contributed by atoms with Gasteiger partial charge in [0.25, 0.3) is 0 Å². The van der Waals surface area contributed by atoms with Gasteiger partial charge in [-0.1, -0.05) is 37.3 Å². The molecule has 0 bridgehead atoms. The molecule has 1 atom stereocenters. The quantitative estimate of drug-likeness (QED) is 0.784. The predicted molar refractivity (Wildman–Crippen MR) is 62.9 cm³/mol. The van der Waals surface area contributed by atoms with Crippen molar-refractivity contribution in [1.82, 2.24) is 10.6 Å². The van der Waals surface area contributed by atoms with Crippen LogP contribution in [0, 0.1) is 0 Å². The summed E-state index contributed by atoms with van der Waals surface area (Å²) in [7, 11) is 0. The summed E-state index contributed by atoms with van der Waals surface area (Å²) < 4.78 is 0. The summed E-state index contributed by atoms with van der Waals surface area (Å²) >= 11 is 0. The number of hydrogen-bond acceptors (Lipinski definition) is 3. The van der Waals surface area contributed by atoms with Crippen molar-refractivity contribution in [3.8, 4) is 0 Å². The van der Waals surface area contributed by atoms with Gasteiger partial charge in [-0.15, -0.1) is 0 Å². The summed E-state index contributed by atoms with van der Waals surface area (Å²) in [5, 5.41) is 6.65. The van der Waals surface area contributed by atoms with Crippen molar-refractivity contribution in [2.45, 2.75) is 19.4 Å². The second kappa shape index (κ2) is 4.82. The average Bonchev–Trinajstić information content (AvgIpc) is 2.76. The van der Waals surface area contributed by atoms with Crippen molar-refractivity contribution in [3.63, 3.8) is 0 Å². The Balaban J connectivity index is 1.90. The van der Waals surface area contributed by atoms with Crippen molar-refractivity contribution < 1.29 is 0 Å². The van der Waals surface area contributed by atoms with Crippen molar-refractivity contribution in [1.29, 1.82) is 0 Å². The summed E-state index contributed by atoms with van der Waals surface area (Å²) in [6.45, 7) is 3.96. The highest BCUT2D eigenvalue weighted by molar-refractivity contribution is 5.81. The standard InChI is InChI=1S/C12H17N3/c1-2-8-13-12-14-9-11(15-12)10-6-4-3-5-7-10/h3-7,11H,2,8-9H2,1H3,(H2,13,14,15). The number of benzene rings is 1. The molecule has 0 radical (unpaired) electrons. The van der Waals surface area contributed by atoms with Crippen LogP contribution in [0.3, 0.4) is 0 Å². The molecule has 0 aromatic heterocycles. The van der Waals surface area contributed by atoms with Crippen LogP contribution in [0.4, 0.5) is 0 Å². The van der Waals surface area contributed by atoms with Gasteiger partial charge in [0, 0.05) is 6.54 Å². The van der Waals surface area contributed by atoms with Crippen LogP contribution in [0.15, 0.2) is 35.3 Å². The lowest BCUT2D eigenvalue weighted by Crippen LogP contribution is -2.35. The van der Waals surface area contributed by atoms with Crippen molar-refractivity contribution >= 4 is 5.96 Å². The van der Waals surface area contributed by atoms with E-state index in [0.29, 0.717) is 6.04 Å². The van der Waals surface area contributed by atoms with E-state index in [2.05, 4.69) is 46.8 Å². The Bertz CT molecular complexity index is 332. The van der Waals surface area contributed by atoms with E-state index >= 15 is 0 Å². The fourth-order valence-corrected chi connectivity index (χ4v) is 1.66. The van der Waals surface area contributed by atoms with E-state index in [0.717, 1.165) is 25.5 Å². The van der Waals surface area contributed by atoms with E-state index in [1.807, 2.05) is 6.07 Å². The van der Waals surface area contributed by atoms with Gasteiger partial charge in [0.05, 0.1) is 12.6 Å². The zero-order valence-electron chi connectivity index (χ0n) is 9.03. The van der Waals surface area contributed by atoms with E-state index in [9.17, 15) is 0 Å². The molecule has 0 saturated heterocycles. The van der Waals surface area contributed by atoms with Gasteiger partial charge < -0.3 is 10.6 Å². The van der Waals surface area contributed by atoms with Gasteiger partial charge in [0.15, 0.2) is 5.96 Å². The molecule has 3 heteroatoms. The summed E-state index contributed by atoms with van der Waals surface area (Å²) in [5.41, 5.74) is 1.30. The molecule has 1 aromatic rings. The van der Waals surface area contributed by atoms with E-state index in [1.54, 1.807) is 0 Å². The Morgan fingerprint density at radius 2 is 2.20 bits per heavy atom. The van der Waals surface area contributed by atoms with Gasteiger partial charge in [-0.25, -0.2) is 0 Å². The van der Waals surface area contributed by atoms with Crippen LogP contribution in [-0.4, -0.2) is 19.0 Å². The zero-order valence-corrected chi connectivity index (χ0v) is 9.03. The first-order valence-electron chi connectivity index (χ1n) is 5.50. The highest BCUT2D eigenvalue weighted by Gasteiger charge is 2.17. The third kappa shape index (κ3) is 2.49. The van der Waals surface area contributed by atoms with E-state index in [1.165, 1.54) is 5.56 Å². The average molecular weight is 203 g/mol. The topological polar surface area (TPSA) is 36.4 Å². The lowest BCUT2D eigenvalue weighted by Gasteiger charge is -2.12. The van der Waals surface area contributed by atoms with Crippen LogP contribution in [0.5, 0.6) is 0 Å². The SMILES string of the molecule is CCCNC1=NCC(c2ccccc2)N1. The molecule has 0 aliphatic carbocycles. The molecule has 3 nitrogen and oxygen atoms in total. The Hall–Kier alpha value is -1.51. The fraction of sp³-hybridized carbons (Fsp3) is 0.417. The van der Waals surface area contributed by atoms with Crippen LogP contribution in [0.1, 0.15) is 24.9 Å². The van der Waals surface area contributed by atoms with Gasteiger partial charge in [-0.3, -0.25) is 4.99 Å². The minimum absolute atomic E-state index is 0.338. The second-order valence-corrected chi connectivity index (χ2v) is 3.72. The zero-order chi connectivity index (χ0) is 10.5. The number of nitrogens with one attached hydrogen (secondary N) is 2. The van der Waals surface area contributed by atoms with Crippen LogP contribution in [-0.2, 0) is 0 Å². The van der Waals surface area contributed by atoms with E-state index < -0.39 is 0 Å². The fourth-order valence-electron chi connectivity index (χ4n) is 1.66. The maximum atomic E-state index is 4.43. The van der Waals surface area contributed by atoms with Gasteiger partial charge in [-0.2, -0.15) is 0 Å². The number of guanidine groups is 1. The summed E-state index contributed by atoms with van der Waals surface area (Å²) in [6.07, 6.45) is 1.12. The highest BCUT2D eigenvalue weighted by atomic mass is 15.2. The molecule has 2 N–H and O–H groups in total. The maximum Gasteiger partial charge on any atom is 0.191 e. The first kappa shape index (κ1) is 10.0. The Morgan fingerprint density at radius 1 is 1.40 bits per heavy atom. The molecule has 0 spiro atoms. The normalized spacial score (nSPS) is 19.5. The lowest BCUT2D eigenvalue weighted by molar-refractivity contribution is 0.696. The van der Waals surface area contributed by atoms with Crippen LogP contribution >= 0.6 is 0 Å². The van der Waals surface area contributed by atoms with E-state index in [-0.39, 0.29) is 0 Å². The molecule has 1 heterocycles. The van der Waals surface area contributed by atoms with Gasteiger partial charge in [-0.05, 0) is 12.0 Å². The molecular formula is C12H17N3. The highest BCUT2D eigenvalue weighted by Crippen LogP contribution is 2.15. The lowest BCUT2D eigenvalue weighted by atomic mass is 10.1. The molecule has 1 aliphatic rings. The molecular weight excluding hydrogens is 186 g/mol. The van der Waals surface area contributed by atoms with Crippen molar-refractivity contribution in [2.24, 2.45) is 4.99 Å². The maximum absolute atomic E-state index is 4.43. The van der Waals surface area contributed by atoms with Crippen LogP contribution < -0.4 is 10.6 Å².